The van der Waals surface area contributed by atoms with Crippen molar-refractivity contribution >= 4 is 23.1 Å². The summed E-state index contributed by atoms with van der Waals surface area (Å²) in [5.41, 5.74) is 3.54. The van der Waals surface area contributed by atoms with Crippen LogP contribution in [0.3, 0.4) is 0 Å². The van der Waals surface area contributed by atoms with E-state index in [1.165, 1.54) is 0 Å². The summed E-state index contributed by atoms with van der Waals surface area (Å²) >= 11 is 1.57. The van der Waals surface area contributed by atoms with E-state index in [1.807, 2.05) is 32.0 Å². The second kappa shape index (κ2) is 11.4. The third-order valence-corrected chi connectivity index (χ3v) is 7.69. The van der Waals surface area contributed by atoms with E-state index in [-0.39, 0.29) is 36.4 Å². The van der Waals surface area contributed by atoms with Crippen LogP contribution in [-0.2, 0) is 40.0 Å². The molecule has 0 saturated carbocycles. The maximum Gasteiger partial charge on any atom is 0.306 e. The van der Waals surface area contributed by atoms with Crippen molar-refractivity contribution in [3.8, 4) is 6.07 Å². The van der Waals surface area contributed by atoms with Gasteiger partial charge in [0.15, 0.2) is 0 Å². The Morgan fingerprint density at radius 1 is 1.40 bits per heavy atom. The number of nitrogens with zero attached hydrogens (tertiary/aromatic N) is 3. The molecule has 4 rings (SSSR count). The molecule has 3 aromatic rings. The molecule has 3 heterocycles. The topological polar surface area (TPSA) is 106 Å². The number of Topliss-reactive ketones (excluding diaryl/α,β-unsaturated/α-hetero) is 1. The molecule has 1 aliphatic rings. The normalized spacial score (nSPS) is 15.7. The van der Waals surface area contributed by atoms with Crippen LogP contribution in [0.5, 0.6) is 0 Å². The highest BCUT2D eigenvalue weighted by molar-refractivity contribution is 7.12. The van der Waals surface area contributed by atoms with Gasteiger partial charge in [0.2, 0.25) is 0 Å². The number of ketones is 1. The third-order valence-electron chi connectivity index (χ3n) is 6.44. The molecule has 7 nitrogen and oxygen atoms in total. The average molecular weight is 492 g/mol. The van der Waals surface area contributed by atoms with Gasteiger partial charge < -0.3 is 9.26 Å². The van der Waals surface area contributed by atoms with Gasteiger partial charge in [0.1, 0.15) is 17.6 Å². The van der Waals surface area contributed by atoms with Crippen molar-refractivity contribution < 1.29 is 18.8 Å². The molecular formula is C27H29N3O4S. The van der Waals surface area contributed by atoms with Crippen molar-refractivity contribution in [3.05, 3.63) is 68.5 Å². The van der Waals surface area contributed by atoms with E-state index in [2.05, 4.69) is 16.2 Å². The number of ether oxygens (including phenoxy) is 1. The second-order valence-corrected chi connectivity index (χ2v) is 10.4. The zero-order valence-corrected chi connectivity index (χ0v) is 20.9. The summed E-state index contributed by atoms with van der Waals surface area (Å²) < 4.78 is 10.5. The van der Waals surface area contributed by atoms with Gasteiger partial charge in [-0.05, 0) is 55.2 Å². The van der Waals surface area contributed by atoms with Gasteiger partial charge in [-0.25, -0.2) is 0 Å². The first-order valence-corrected chi connectivity index (χ1v) is 12.8. The highest BCUT2D eigenvalue weighted by atomic mass is 32.1. The van der Waals surface area contributed by atoms with Gasteiger partial charge in [-0.3, -0.25) is 14.6 Å². The lowest BCUT2D eigenvalue weighted by Gasteiger charge is -2.21. The summed E-state index contributed by atoms with van der Waals surface area (Å²) in [6.07, 6.45) is 7.40. The maximum atomic E-state index is 12.8. The fourth-order valence-electron chi connectivity index (χ4n) is 4.53. The minimum absolute atomic E-state index is 0.0868. The maximum absolute atomic E-state index is 12.8. The zero-order valence-electron chi connectivity index (χ0n) is 20.1. The molecule has 3 aromatic heterocycles. The SMILES string of the molecule is Cc1cc(CCC(=O)OCC2CCc3c(sc(CC(=O)CC(C)c4cccnc4)c3C#N)C2)no1. The van der Waals surface area contributed by atoms with Crippen LogP contribution in [0.4, 0.5) is 0 Å². The van der Waals surface area contributed by atoms with Gasteiger partial charge >= 0.3 is 5.97 Å². The van der Waals surface area contributed by atoms with E-state index in [4.69, 9.17) is 9.26 Å². The highest BCUT2D eigenvalue weighted by Crippen LogP contribution is 2.37. The number of hydrogen-bond acceptors (Lipinski definition) is 8. The fraction of sp³-hybridized carbons (Fsp3) is 0.444. The summed E-state index contributed by atoms with van der Waals surface area (Å²) in [5, 5.41) is 13.7. The van der Waals surface area contributed by atoms with Gasteiger partial charge in [-0.1, -0.05) is 18.1 Å². The van der Waals surface area contributed by atoms with E-state index < -0.39 is 0 Å². The Bertz CT molecular complexity index is 1230. The number of esters is 1. The van der Waals surface area contributed by atoms with Crippen LogP contribution in [0.25, 0.3) is 0 Å². The molecule has 182 valence electrons. The molecule has 0 saturated heterocycles. The highest BCUT2D eigenvalue weighted by Gasteiger charge is 2.27. The molecule has 0 spiro atoms. The third kappa shape index (κ3) is 6.43. The van der Waals surface area contributed by atoms with Crippen molar-refractivity contribution in [2.24, 2.45) is 5.92 Å². The second-order valence-electron chi connectivity index (χ2n) is 9.24. The predicted octanol–water partition coefficient (Wildman–Crippen LogP) is 4.90. The van der Waals surface area contributed by atoms with Crippen molar-refractivity contribution in [1.82, 2.24) is 10.1 Å². The number of nitriles is 1. The first-order chi connectivity index (χ1) is 16.9. The summed E-state index contributed by atoms with van der Waals surface area (Å²) in [4.78, 5) is 31.1. The van der Waals surface area contributed by atoms with Gasteiger partial charge in [0.05, 0.1) is 24.3 Å². The lowest BCUT2D eigenvalue weighted by atomic mass is 9.87. The largest absolute Gasteiger partial charge is 0.465 e. The first-order valence-electron chi connectivity index (χ1n) is 12.0. The number of fused-ring (bicyclic) bond motifs is 1. The number of carbonyl (C=O) groups excluding carboxylic acids is 2. The van der Waals surface area contributed by atoms with Crippen LogP contribution < -0.4 is 0 Å². The van der Waals surface area contributed by atoms with E-state index in [9.17, 15) is 14.9 Å². The fourth-order valence-corrected chi connectivity index (χ4v) is 5.98. The summed E-state index contributed by atoms with van der Waals surface area (Å²) in [6, 6.07) is 8.02. The number of rotatable bonds is 10. The lowest BCUT2D eigenvalue weighted by Crippen LogP contribution is -2.20. The van der Waals surface area contributed by atoms with Crippen LogP contribution in [0.1, 0.15) is 70.0 Å². The van der Waals surface area contributed by atoms with Gasteiger partial charge in [0, 0.05) is 47.5 Å². The molecule has 35 heavy (non-hydrogen) atoms. The molecular weight excluding hydrogens is 462 g/mol. The summed E-state index contributed by atoms with van der Waals surface area (Å²) in [7, 11) is 0. The van der Waals surface area contributed by atoms with Gasteiger partial charge in [-0.2, -0.15) is 5.26 Å². The Morgan fingerprint density at radius 2 is 2.26 bits per heavy atom. The number of thiophene rings is 1. The minimum atomic E-state index is -0.241. The van der Waals surface area contributed by atoms with Crippen molar-refractivity contribution in [1.29, 1.82) is 5.26 Å². The molecule has 2 unspecified atom stereocenters. The molecule has 0 amide bonds. The number of hydrogen-bond donors (Lipinski definition) is 0. The van der Waals surface area contributed by atoms with Crippen molar-refractivity contribution in [2.75, 3.05) is 6.61 Å². The first kappa shape index (κ1) is 24.8. The Hall–Kier alpha value is -3.31. The summed E-state index contributed by atoms with van der Waals surface area (Å²) in [5.74, 6) is 0.922. The van der Waals surface area contributed by atoms with E-state index in [1.54, 1.807) is 23.7 Å². The van der Waals surface area contributed by atoms with Crippen LogP contribution in [-0.4, -0.2) is 28.5 Å². The molecule has 8 heteroatoms. The number of aromatic nitrogens is 2. The zero-order chi connectivity index (χ0) is 24.8. The lowest BCUT2D eigenvalue weighted by molar-refractivity contribution is -0.145. The molecule has 0 radical (unpaired) electrons. The van der Waals surface area contributed by atoms with Gasteiger partial charge in [0.25, 0.3) is 0 Å². The van der Waals surface area contributed by atoms with Crippen LogP contribution >= 0.6 is 11.3 Å². The Balaban J connectivity index is 1.30. The Kier molecular flexibility index (Phi) is 8.09. The Morgan fingerprint density at radius 3 is 2.97 bits per heavy atom. The van der Waals surface area contributed by atoms with Crippen molar-refractivity contribution in [3.63, 3.8) is 0 Å². The van der Waals surface area contributed by atoms with Gasteiger partial charge in [-0.15, -0.1) is 11.3 Å². The molecule has 0 aliphatic heterocycles. The molecule has 0 bridgehead atoms. The van der Waals surface area contributed by atoms with Crippen LogP contribution in [0.2, 0.25) is 0 Å². The number of pyridine rings is 1. The van der Waals surface area contributed by atoms with Crippen molar-refractivity contribution in [2.45, 2.75) is 64.7 Å². The number of carbonyl (C=O) groups is 2. The average Bonchev–Trinajstić information content (AvgIpc) is 3.43. The molecule has 0 fully saturated rings. The number of aryl methyl sites for hydroxylation is 2. The molecule has 2 atom stereocenters. The molecule has 1 aliphatic carbocycles. The summed E-state index contributed by atoms with van der Waals surface area (Å²) in [6.45, 7) is 4.21. The molecule has 0 N–H and O–H groups in total. The standard InChI is InChI=1S/C27H29N3O4S/c1-17(20-4-3-9-29-15-20)10-22(31)13-26-24(14-28)23-7-5-19(12-25(23)35-26)16-33-27(32)8-6-21-11-18(2)34-30-21/h3-4,9,11,15,17,19H,5-8,10,12-13,16H2,1-2H3. The Labute approximate surface area is 209 Å². The van der Waals surface area contributed by atoms with Crippen LogP contribution in [0.15, 0.2) is 35.1 Å². The minimum Gasteiger partial charge on any atom is -0.465 e. The molecule has 0 aromatic carbocycles. The smallest absolute Gasteiger partial charge is 0.306 e. The predicted molar refractivity (Wildman–Crippen MR) is 131 cm³/mol. The van der Waals surface area contributed by atoms with Crippen LogP contribution in [0, 0.1) is 24.2 Å². The quantitative estimate of drug-likeness (QED) is 0.371. The van der Waals surface area contributed by atoms with E-state index in [0.29, 0.717) is 25.0 Å². The van der Waals surface area contributed by atoms with E-state index >= 15 is 0 Å². The monoisotopic (exact) mass is 491 g/mol. The van der Waals surface area contributed by atoms with E-state index in [0.717, 1.165) is 51.6 Å².